The first-order valence-corrected chi connectivity index (χ1v) is 9.31. The van der Waals surface area contributed by atoms with Gasteiger partial charge in [-0.3, -0.25) is 9.89 Å². The fourth-order valence-corrected chi connectivity index (χ4v) is 3.65. The van der Waals surface area contributed by atoms with E-state index in [1.807, 2.05) is 62.4 Å². The number of aromatic amines is 1. The Kier molecular flexibility index (Phi) is 4.54. The summed E-state index contributed by atoms with van der Waals surface area (Å²) in [5.74, 6) is 0. The van der Waals surface area contributed by atoms with E-state index in [9.17, 15) is 4.79 Å². The molecule has 0 fully saturated rings. The lowest BCUT2D eigenvalue weighted by molar-refractivity contribution is 0.847. The lowest BCUT2D eigenvalue weighted by atomic mass is 10.0. The van der Waals surface area contributed by atoms with E-state index in [2.05, 4.69) is 5.10 Å². The molecule has 0 radical (unpaired) electrons. The summed E-state index contributed by atoms with van der Waals surface area (Å²) in [7, 11) is 0. The van der Waals surface area contributed by atoms with Crippen molar-refractivity contribution in [1.82, 2.24) is 14.6 Å². The van der Waals surface area contributed by atoms with Crippen molar-refractivity contribution in [2.24, 2.45) is 0 Å². The molecule has 0 aliphatic carbocycles. The lowest BCUT2D eigenvalue weighted by Crippen LogP contribution is -2.22. The predicted molar refractivity (Wildman–Crippen MR) is 110 cm³/mol. The summed E-state index contributed by atoms with van der Waals surface area (Å²) < 4.78 is 1.51. The second-order valence-corrected chi connectivity index (χ2v) is 7.37. The van der Waals surface area contributed by atoms with Gasteiger partial charge in [-0.05, 0) is 43.2 Å². The van der Waals surface area contributed by atoms with Crippen LogP contribution in [0.4, 0.5) is 0 Å². The van der Waals surface area contributed by atoms with Crippen LogP contribution in [0, 0.1) is 13.8 Å². The van der Waals surface area contributed by atoms with E-state index < -0.39 is 0 Å². The summed E-state index contributed by atoms with van der Waals surface area (Å²) in [5.41, 5.74) is 5.47. The van der Waals surface area contributed by atoms with Crippen molar-refractivity contribution in [2.45, 2.75) is 20.3 Å². The van der Waals surface area contributed by atoms with Gasteiger partial charge in [-0.15, -0.1) is 0 Å². The maximum atomic E-state index is 13.1. The number of hydrogen-bond donors (Lipinski definition) is 1. The molecule has 27 heavy (non-hydrogen) atoms. The van der Waals surface area contributed by atoms with Crippen molar-refractivity contribution in [1.29, 1.82) is 0 Å². The van der Waals surface area contributed by atoms with Crippen molar-refractivity contribution >= 4 is 28.8 Å². The lowest BCUT2D eigenvalue weighted by Gasteiger charge is -2.08. The van der Waals surface area contributed by atoms with Crippen LogP contribution in [0.25, 0.3) is 16.8 Å². The Hall–Kier alpha value is -2.56. The summed E-state index contributed by atoms with van der Waals surface area (Å²) in [6.45, 7) is 3.79. The highest BCUT2D eigenvalue weighted by Gasteiger charge is 2.18. The molecular weight excluding hydrogens is 381 g/mol. The first-order valence-electron chi connectivity index (χ1n) is 8.56. The molecule has 0 aliphatic rings. The normalized spacial score (nSPS) is 11.3. The Bertz CT molecular complexity index is 1210. The molecule has 4 nitrogen and oxygen atoms in total. The molecular formula is C21H17Cl2N3O. The van der Waals surface area contributed by atoms with Gasteiger partial charge in [0.15, 0.2) is 5.65 Å². The van der Waals surface area contributed by atoms with Crippen LogP contribution in [0.5, 0.6) is 0 Å². The first-order chi connectivity index (χ1) is 13.0. The van der Waals surface area contributed by atoms with E-state index in [4.69, 9.17) is 28.2 Å². The summed E-state index contributed by atoms with van der Waals surface area (Å²) in [6.07, 6.45) is 0.439. The summed E-state index contributed by atoms with van der Waals surface area (Å²) in [4.78, 5) is 17.9. The highest BCUT2D eigenvalue weighted by Crippen LogP contribution is 2.28. The number of aromatic nitrogens is 3. The van der Waals surface area contributed by atoms with Gasteiger partial charge in [0.1, 0.15) is 0 Å². The van der Waals surface area contributed by atoms with Crippen molar-refractivity contribution in [3.63, 3.8) is 0 Å². The number of fused-ring (bicyclic) bond motifs is 1. The summed E-state index contributed by atoms with van der Waals surface area (Å²) >= 11 is 12.3. The van der Waals surface area contributed by atoms with E-state index in [-0.39, 0.29) is 5.56 Å². The van der Waals surface area contributed by atoms with Crippen LogP contribution in [0.2, 0.25) is 10.0 Å². The molecule has 2 aromatic heterocycles. The number of hydrogen-bond acceptors (Lipinski definition) is 2. The molecule has 6 heteroatoms. The number of benzene rings is 2. The van der Waals surface area contributed by atoms with Crippen molar-refractivity contribution in [3.8, 4) is 11.1 Å². The van der Waals surface area contributed by atoms with Gasteiger partial charge in [-0.2, -0.15) is 0 Å². The van der Waals surface area contributed by atoms with Gasteiger partial charge in [0.25, 0.3) is 5.56 Å². The summed E-state index contributed by atoms with van der Waals surface area (Å²) in [5, 5.41) is 4.46. The third-order valence-corrected chi connectivity index (χ3v) is 5.34. The molecule has 0 aliphatic heterocycles. The van der Waals surface area contributed by atoms with Crippen LogP contribution in [-0.2, 0) is 6.42 Å². The third-order valence-electron chi connectivity index (χ3n) is 4.72. The number of nitrogens with one attached hydrogen (secondary N) is 1. The molecule has 2 aromatic carbocycles. The van der Waals surface area contributed by atoms with Crippen molar-refractivity contribution in [3.05, 3.63) is 91.4 Å². The number of rotatable bonds is 3. The summed E-state index contributed by atoms with van der Waals surface area (Å²) in [6, 6.07) is 15.1. The number of H-pyrrole nitrogens is 1. The van der Waals surface area contributed by atoms with Crippen LogP contribution in [0.15, 0.2) is 53.3 Å². The molecule has 0 bridgehead atoms. The molecule has 0 atom stereocenters. The third kappa shape index (κ3) is 3.15. The fourth-order valence-electron chi connectivity index (χ4n) is 3.32. The average molecular weight is 398 g/mol. The zero-order valence-electron chi connectivity index (χ0n) is 14.9. The Morgan fingerprint density at radius 1 is 1.04 bits per heavy atom. The Morgan fingerprint density at radius 3 is 2.44 bits per heavy atom. The molecule has 0 saturated carbocycles. The standard InChI is InChI=1S/C21H17Cl2N3O/c1-12-17(11-15-5-3-4-6-18(15)23)21(27)26-20(24-12)19(13(2)25-26)14-7-9-16(22)10-8-14/h3-10,25H,11H2,1-2H3. The maximum absolute atomic E-state index is 13.1. The second kappa shape index (κ2) is 6.87. The topological polar surface area (TPSA) is 50.2 Å². The monoisotopic (exact) mass is 397 g/mol. The quantitative estimate of drug-likeness (QED) is 0.516. The van der Waals surface area contributed by atoms with Gasteiger partial charge >= 0.3 is 0 Å². The van der Waals surface area contributed by atoms with Crippen LogP contribution >= 0.6 is 23.2 Å². The fraction of sp³-hybridized carbons (Fsp3) is 0.143. The van der Waals surface area contributed by atoms with Gasteiger partial charge in [0.2, 0.25) is 0 Å². The molecule has 1 N–H and O–H groups in total. The van der Waals surface area contributed by atoms with Crippen LogP contribution < -0.4 is 5.56 Å². The molecule has 0 saturated heterocycles. The minimum absolute atomic E-state index is 0.110. The van der Waals surface area contributed by atoms with Gasteiger partial charge in [-0.1, -0.05) is 53.5 Å². The maximum Gasteiger partial charge on any atom is 0.276 e. The van der Waals surface area contributed by atoms with E-state index >= 15 is 0 Å². The molecule has 2 heterocycles. The molecule has 136 valence electrons. The highest BCUT2D eigenvalue weighted by molar-refractivity contribution is 6.31. The second-order valence-electron chi connectivity index (χ2n) is 6.53. The molecule has 0 spiro atoms. The van der Waals surface area contributed by atoms with Crippen molar-refractivity contribution < 1.29 is 0 Å². The predicted octanol–water partition coefficient (Wildman–Crippen LogP) is 5.20. The highest BCUT2D eigenvalue weighted by atomic mass is 35.5. The van der Waals surface area contributed by atoms with Crippen LogP contribution in [-0.4, -0.2) is 14.6 Å². The SMILES string of the molecule is Cc1nc2c(-c3ccc(Cl)cc3)c(C)[nH]n2c(=O)c1Cc1ccccc1Cl. The van der Waals surface area contributed by atoms with Gasteiger partial charge < -0.3 is 0 Å². The molecule has 0 amide bonds. The van der Waals surface area contributed by atoms with Crippen LogP contribution in [0.3, 0.4) is 0 Å². The van der Waals surface area contributed by atoms with E-state index in [0.717, 1.165) is 22.4 Å². The molecule has 4 aromatic rings. The minimum atomic E-state index is -0.110. The Labute approximate surface area is 166 Å². The van der Waals surface area contributed by atoms with E-state index in [0.29, 0.717) is 33.4 Å². The van der Waals surface area contributed by atoms with Gasteiger partial charge in [0, 0.05) is 39.0 Å². The molecule has 0 unspecified atom stereocenters. The van der Waals surface area contributed by atoms with Crippen molar-refractivity contribution in [2.75, 3.05) is 0 Å². The zero-order chi connectivity index (χ0) is 19.1. The Morgan fingerprint density at radius 2 is 1.74 bits per heavy atom. The number of aryl methyl sites for hydroxylation is 2. The average Bonchev–Trinajstić information content (AvgIpc) is 2.97. The largest absolute Gasteiger partial charge is 0.293 e. The van der Waals surface area contributed by atoms with E-state index in [1.165, 1.54) is 4.52 Å². The van der Waals surface area contributed by atoms with Gasteiger partial charge in [0.05, 0.1) is 0 Å². The van der Waals surface area contributed by atoms with E-state index in [1.54, 1.807) is 0 Å². The Balaban J connectivity index is 1.90. The number of nitrogens with zero attached hydrogens (tertiary/aromatic N) is 2. The smallest absolute Gasteiger partial charge is 0.276 e. The first kappa shape index (κ1) is 17.8. The van der Waals surface area contributed by atoms with Crippen LogP contribution in [0.1, 0.15) is 22.5 Å². The number of halogens is 2. The molecule has 4 rings (SSSR count). The minimum Gasteiger partial charge on any atom is -0.293 e. The van der Waals surface area contributed by atoms with Gasteiger partial charge in [-0.25, -0.2) is 9.50 Å². The zero-order valence-corrected chi connectivity index (χ0v) is 16.4.